The van der Waals surface area contributed by atoms with Crippen LogP contribution in [0.4, 0.5) is 0 Å². The highest BCUT2D eigenvalue weighted by molar-refractivity contribution is 5.94. The van der Waals surface area contributed by atoms with Crippen LogP contribution in [0.25, 0.3) is 33.1 Å². The summed E-state index contributed by atoms with van der Waals surface area (Å²) in [4.78, 5) is 41.4. The van der Waals surface area contributed by atoms with Crippen LogP contribution in [0.1, 0.15) is 5.56 Å². The molecule has 4 rings (SSSR count). The molecule has 4 aromatic rings. The number of rotatable bonds is 0. The average Bonchev–Trinajstić information content (AvgIpc) is 2.58. The van der Waals surface area contributed by atoms with Crippen molar-refractivity contribution in [3.8, 4) is 0 Å². The molecule has 7 heteroatoms. The van der Waals surface area contributed by atoms with Crippen LogP contribution in [-0.2, 0) is 14.1 Å². The summed E-state index contributed by atoms with van der Waals surface area (Å²) in [6.45, 7) is 1.88. The molecule has 0 unspecified atom stereocenters. The fourth-order valence-electron chi connectivity index (χ4n) is 2.88. The number of aryl methyl sites for hydroxylation is 2. The van der Waals surface area contributed by atoms with E-state index in [1.54, 1.807) is 12.1 Å². The number of hydrogen-bond donors (Lipinski definition) is 0. The summed E-state index contributed by atoms with van der Waals surface area (Å²) >= 11 is 0. The van der Waals surface area contributed by atoms with Gasteiger partial charge in [-0.15, -0.1) is 0 Å². The van der Waals surface area contributed by atoms with Crippen molar-refractivity contribution in [2.24, 2.45) is 14.1 Å². The molecule has 0 atom stereocenters. The largest absolute Gasteiger partial charge is 0.437 e. The number of hydrogen-bond acceptors (Lipinski definition) is 5. The lowest BCUT2D eigenvalue weighted by Crippen LogP contribution is -2.37. The van der Waals surface area contributed by atoms with Crippen LogP contribution in [-0.4, -0.2) is 14.1 Å². The van der Waals surface area contributed by atoms with Crippen molar-refractivity contribution in [2.45, 2.75) is 6.92 Å². The zero-order valence-electron chi connectivity index (χ0n) is 13.3. The fourth-order valence-corrected chi connectivity index (χ4v) is 2.88. The zero-order chi connectivity index (χ0) is 17.2. The molecule has 0 radical (unpaired) electrons. The predicted molar refractivity (Wildman–Crippen MR) is 90.5 cm³/mol. The number of benzene rings is 1. The van der Waals surface area contributed by atoms with Gasteiger partial charge in [0.25, 0.3) is 5.56 Å². The van der Waals surface area contributed by atoms with E-state index < -0.39 is 11.2 Å². The average molecular weight is 323 g/mol. The number of fused-ring (bicyclic) bond motifs is 3. The molecule has 1 aromatic carbocycles. The van der Waals surface area contributed by atoms with E-state index in [1.165, 1.54) is 24.7 Å². The Morgan fingerprint density at radius 3 is 2.46 bits per heavy atom. The van der Waals surface area contributed by atoms with Crippen LogP contribution in [0.3, 0.4) is 0 Å². The maximum atomic E-state index is 12.8. The Kier molecular flexibility index (Phi) is 2.78. The third kappa shape index (κ3) is 1.78. The van der Waals surface area contributed by atoms with Crippen molar-refractivity contribution >= 4 is 33.1 Å². The normalized spacial score (nSPS) is 11.6. The van der Waals surface area contributed by atoms with Crippen LogP contribution in [0.5, 0.6) is 0 Å². The maximum Gasteiger partial charge on any atom is 0.332 e. The first-order valence-electron chi connectivity index (χ1n) is 7.32. The molecule has 7 nitrogen and oxygen atoms in total. The van der Waals surface area contributed by atoms with Crippen molar-refractivity contribution in [2.75, 3.05) is 0 Å². The highest BCUT2D eigenvalue weighted by atomic mass is 16.3. The highest BCUT2D eigenvalue weighted by Gasteiger charge is 2.15. The zero-order valence-corrected chi connectivity index (χ0v) is 13.3. The summed E-state index contributed by atoms with van der Waals surface area (Å²) in [5.41, 5.74) is 0.405. The smallest absolute Gasteiger partial charge is 0.332 e. The van der Waals surface area contributed by atoms with E-state index in [9.17, 15) is 14.4 Å². The molecule has 3 heterocycles. The van der Waals surface area contributed by atoms with Crippen LogP contribution in [0.15, 0.2) is 43.1 Å². The first-order chi connectivity index (χ1) is 11.4. The van der Waals surface area contributed by atoms with Gasteiger partial charge in [0.15, 0.2) is 5.65 Å². The molecular formula is C17H13N3O4. The molecule has 0 N–H and O–H groups in total. The fraction of sp³-hybridized carbons (Fsp3) is 0.176. The molecule has 0 aliphatic carbocycles. The summed E-state index contributed by atoms with van der Waals surface area (Å²) in [5.74, 6) is 0. The van der Waals surface area contributed by atoms with E-state index in [0.717, 1.165) is 10.1 Å². The second-order valence-corrected chi connectivity index (χ2v) is 5.85. The van der Waals surface area contributed by atoms with Gasteiger partial charge in [-0.25, -0.2) is 4.79 Å². The molecule has 0 saturated carbocycles. The Hall–Kier alpha value is -3.22. The molecule has 0 spiro atoms. The molecule has 0 fully saturated rings. The summed E-state index contributed by atoms with van der Waals surface area (Å²) in [7, 11) is 2.91. The van der Waals surface area contributed by atoms with Crippen molar-refractivity contribution < 1.29 is 4.42 Å². The lowest BCUT2D eigenvalue weighted by atomic mass is 10.1. The van der Waals surface area contributed by atoms with Gasteiger partial charge in [-0.05, 0) is 25.1 Å². The summed E-state index contributed by atoms with van der Waals surface area (Å²) in [6, 6.07) is 6.74. The topological polar surface area (TPSA) is 87.1 Å². The Morgan fingerprint density at radius 1 is 0.958 bits per heavy atom. The second-order valence-electron chi connectivity index (χ2n) is 5.85. The van der Waals surface area contributed by atoms with Gasteiger partial charge in [0.1, 0.15) is 5.58 Å². The van der Waals surface area contributed by atoms with Gasteiger partial charge < -0.3 is 4.42 Å². The van der Waals surface area contributed by atoms with Crippen LogP contribution < -0.4 is 16.7 Å². The minimum absolute atomic E-state index is 0.104. The molecule has 0 amide bonds. The molecule has 3 aromatic heterocycles. The first kappa shape index (κ1) is 14.4. The van der Waals surface area contributed by atoms with Gasteiger partial charge in [0, 0.05) is 14.1 Å². The predicted octanol–water partition coefficient (Wildman–Crippen LogP) is 1.20. The van der Waals surface area contributed by atoms with E-state index in [-0.39, 0.29) is 27.6 Å². The highest BCUT2D eigenvalue weighted by Crippen LogP contribution is 2.20. The van der Waals surface area contributed by atoms with Crippen LogP contribution in [0.2, 0.25) is 0 Å². The lowest BCUT2D eigenvalue weighted by Gasteiger charge is -2.08. The first-order valence-corrected chi connectivity index (χ1v) is 7.32. The SMILES string of the molecule is Cc1ccc2oc3nc4c(cc3c(=O)c2c1)c(=O)n(C)c(=O)n4C. The second kappa shape index (κ2) is 4.64. The van der Waals surface area contributed by atoms with Gasteiger partial charge in [-0.3, -0.25) is 18.7 Å². The molecule has 0 bridgehead atoms. The summed E-state index contributed by atoms with van der Waals surface area (Å²) in [6.07, 6.45) is 0. The number of pyridine rings is 1. The summed E-state index contributed by atoms with van der Waals surface area (Å²) in [5, 5.41) is 0.855. The number of aromatic nitrogens is 3. The van der Waals surface area contributed by atoms with E-state index in [2.05, 4.69) is 4.98 Å². The Balaban J connectivity index is 2.31. The van der Waals surface area contributed by atoms with Gasteiger partial charge in [0.2, 0.25) is 11.1 Å². The minimum Gasteiger partial charge on any atom is -0.437 e. The minimum atomic E-state index is -0.494. The monoisotopic (exact) mass is 323 g/mol. The van der Waals surface area contributed by atoms with E-state index in [1.807, 2.05) is 13.0 Å². The molecule has 24 heavy (non-hydrogen) atoms. The van der Waals surface area contributed by atoms with Crippen LogP contribution in [0, 0.1) is 6.92 Å². The van der Waals surface area contributed by atoms with E-state index in [4.69, 9.17) is 4.42 Å². The molecular weight excluding hydrogens is 310 g/mol. The van der Waals surface area contributed by atoms with Gasteiger partial charge in [-0.2, -0.15) is 4.98 Å². The van der Waals surface area contributed by atoms with Crippen molar-refractivity contribution in [1.82, 2.24) is 14.1 Å². The summed E-state index contributed by atoms with van der Waals surface area (Å²) < 4.78 is 7.97. The standard InChI is InChI=1S/C17H13N3O4/c1-8-4-5-12-9(6-8)13(21)10-7-11-14(18-15(10)24-12)19(2)17(23)20(3)16(11)22/h4-7H,1-3H3. The Labute approximate surface area is 134 Å². The van der Waals surface area contributed by atoms with Crippen molar-refractivity contribution in [3.63, 3.8) is 0 Å². The molecule has 0 aliphatic rings. The lowest BCUT2D eigenvalue weighted by molar-refractivity contribution is 0.642. The van der Waals surface area contributed by atoms with Crippen LogP contribution >= 0.6 is 0 Å². The Morgan fingerprint density at radius 2 is 1.71 bits per heavy atom. The maximum absolute atomic E-state index is 12.8. The van der Waals surface area contributed by atoms with Crippen molar-refractivity contribution in [3.05, 3.63) is 60.9 Å². The number of nitrogens with zero attached hydrogens (tertiary/aromatic N) is 3. The third-order valence-corrected chi connectivity index (χ3v) is 4.22. The van der Waals surface area contributed by atoms with Gasteiger partial charge in [-0.1, -0.05) is 11.6 Å². The third-order valence-electron chi connectivity index (χ3n) is 4.22. The molecule has 120 valence electrons. The van der Waals surface area contributed by atoms with E-state index >= 15 is 0 Å². The van der Waals surface area contributed by atoms with E-state index in [0.29, 0.717) is 11.0 Å². The molecule has 0 aliphatic heterocycles. The Bertz CT molecular complexity index is 1340. The molecule has 0 saturated heterocycles. The van der Waals surface area contributed by atoms with Crippen molar-refractivity contribution in [1.29, 1.82) is 0 Å². The van der Waals surface area contributed by atoms with Gasteiger partial charge in [0.05, 0.1) is 16.2 Å². The quantitative estimate of drug-likeness (QED) is 0.454. The van der Waals surface area contributed by atoms with Gasteiger partial charge >= 0.3 is 5.69 Å².